The summed E-state index contributed by atoms with van der Waals surface area (Å²) in [6, 6.07) is 6.08. The van der Waals surface area contributed by atoms with E-state index in [2.05, 4.69) is 11.3 Å². The van der Waals surface area contributed by atoms with Gasteiger partial charge in [-0.1, -0.05) is 19.6 Å². The smallest absolute Gasteiger partial charge is 0.406 e. The van der Waals surface area contributed by atoms with Crippen molar-refractivity contribution in [3.05, 3.63) is 36.5 Å². The third-order valence-corrected chi connectivity index (χ3v) is 2.77. The predicted molar refractivity (Wildman–Crippen MR) is 70.2 cm³/mol. The Morgan fingerprint density at radius 3 is 2.53 bits per heavy atom. The molecular formula is C14H18F3NO. The largest absolute Gasteiger partial charge is 0.573 e. The molecule has 0 aromatic heterocycles. The molecule has 2 nitrogen and oxygen atoms in total. The van der Waals surface area contributed by atoms with Crippen LogP contribution in [0.3, 0.4) is 0 Å². The van der Waals surface area contributed by atoms with E-state index in [-0.39, 0.29) is 11.8 Å². The van der Waals surface area contributed by atoms with E-state index in [4.69, 9.17) is 0 Å². The van der Waals surface area contributed by atoms with Crippen molar-refractivity contribution in [3.8, 4) is 5.75 Å². The van der Waals surface area contributed by atoms with Crippen LogP contribution in [0.1, 0.15) is 27.2 Å². The van der Waals surface area contributed by atoms with Crippen LogP contribution in [0.15, 0.2) is 36.5 Å². The zero-order valence-electron chi connectivity index (χ0n) is 11.3. The molecule has 0 radical (unpaired) electrons. The minimum absolute atomic E-state index is 0.152. The van der Waals surface area contributed by atoms with Crippen LogP contribution in [-0.4, -0.2) is 12.4 Å². The van der Waals surface area contributed by atoms with E-state index >= 15 is 0 Å². The highest BCUT2D eigenvalue weighted by Crippen LogP contribution is 2.29. The monoisotopic (exact) mass is 273 g/mol. The second-order valence-electron chi connectivity index (χ2n) is 4.41. The number of rotatable bonds is 5. The molecule has 0 spiro atoms. The molecule has 19 heavy (non-hydrogen) atoms. The maximum Gasteiger partial charge on any atom is 0.573 e. The van der Waals surface area contributed by atoms with E-state index < -0.39 is 6.36 Å². The Morgan fingerprint density at radius 1 is 1.42 bits per heavy atom. The SMILES string of the molecule is C=C(C)N(c1cccc(OC(F)(F)F)c1)C(C)CC. The van der Waals surface area contributed by atoms with Crippen molar-refractivity contribution in [2.75, 3.05) is 4.90 Å². The van der Waals surface area contributed by atoms with Gasteiger partial charge in [-0.15, -0.1) is 13.2 Å². The number of hydrogen-bond donors (Lipinski definition) is 0. The number of hydrogen-bond acceptors (Lipinski definition) is 2. The molecule has 1 aromatic rings. The molecule has 1 rings (SSSR count). The van der Waals surface area contributed by atoms with Crippen LogP contribution >= 0.6 is 0 Å². The average Bonchev–Trinajstić information content (AvgIpc) is 2.26. The van der Waals surface area contributed by atoms with Crippen LogP contribution in [0.2, 0.25) is 0 Å². The van der Waals surface area contributed by atoms with Gasteiger partial charge < -0.3 is 9.64 Å². The van der Waals surface area contributed by atoms with Crippen LogP contribution in [0.5, 0.6) is 5.75 Å². The van der Waals surface area contributed by atoms with E-state index in [1.54, 1.807) is 6.07 Å². The van der Waals surface area contributed by atoms with Gasteiger partial charge in [0.1, 0.15) is 5.75 Å². The van der Waals surface area contributed by atoms with Crippen molar-refractivity contribution in [3.63, 3.8) is 0 Å². The fraction of sp³-hybridized carbons (Fsp3) is 0.429. The maximum atomic E-state index is 12.2. The molecule has 1 unspecified atom stereocenters. The first-order valence-electron chi connectivity index (χ1n) is 6.05. The Bertz CT molecular complexity index is 443. The van der Waals surface area contributed by atoms with Crippen LogP contribution < -0.4 is 9.64 Å². The van der Waals surface area contributed by atoms with Crippen molar-refractivity contribution in [2.24, 2.45) is 0 Å². The lowest BCUT2D eigenvalue weighted by Gasteiger charge is -2.31. The summed E-state index contributed by atoms with van der Waals surface area (Å²) in [5.74, 6) is -0.223. The fourth-order valence-electron chi connectivity index (χ4n) is 1.86. The Morgan fingerprint density at radius 2 is 2.05 bits per heavy atom. The molecule has 106 valence electrons. The molecule has 0 amide bonds. The topological polar surface area (TPSA) is 12.5 Å². The Labute approximate surface area is 111 Å². The summed E-state index contributed by atoms with van der Waals surface area (Å²) in [4.78, 5) is 1.89. The van der Waals surface area contributed by atoms with Gasteiger partial charge in [0.25, 0.3) is 0 Å². The zero-order valence-corrected chi connectivity index (χ0v) is 11.3. The van der Waals surface area contributed by atoms with Crippen molar-refractivity contribution >= 4 is 5.69 Å². The van der Waals surface area contributed by atoms with Gasteiger partial charge >= 0.3 is 6.36 Å². The van der Waals surface area contributed by atoms with Crippen molar-refractivity contribution in [1.82, 2.24) is 0 Å². The molecule has 0 saturated carbocycles. The highest BCUT2D eigenvalue weighted by molar-refractivity contribution is 5.55. The highest BCUT2D eigenvalue weighted by atomic mass is 19.4. The van der Waals surface area contributed by atoms with E-state index in [1.807, 2.05) is 25.7 Å². The molecule has 0 saturated heterocycles. The van der Waals surface area contributed by atoms with Crippen LogP contribution in [0.25, 0.3) is 0 Å². The summed E-state index contributed by atoms with van der Waals surface area (Å²) < 4.78 is 40.5. The number of ether oxygens (including phenoxy) is 1. The van der Waals surface area contributed by atoms with Gasteiger partial charge in [-0.05, 0) is 32.4 Å². The number of benzene rings is 1. The lowest BCUT2D eigenvalue weighted by molar-refractivity contribution is -0.274. The molecule has 0 heterocycles. The first kappa shape index (κ1) is 15.4. The zero-order chi connectivity index (χ0) is 14.6. The molecule has 0 bridgehead atoms. The van der Waals surface area contributed by atoms with Gasteiger partial charge in [-0.25, -0.2) is 0 Å². The summed E-state index contributed by atoms with van der Waals surface area (Å²) in [5.41, 5.74) is 1.42. The van der Waals surface area contributed by atoms with Crippen molar-refractivity contribution in [2.45, 2.75) is 39.6 Å². The van der Waals surface area contributed by atoms with E-state index in [1.165, 1.54) is 18.2 Å². The standard InChI is InChI=1S/C14H18F3NO/c1-5-11(4)18(10(2)3)12-7-6-8-13(9-12)19-14(15,16)17/h6-9,11H,2,5H2,1,3-4H3. The Kier molecular flexibility index (Phi) is 4.86. The minimum Gasteiger partial charge on any atom is -0.406 e. The average molecular weight is 273 g/mol. The first-order chi connectivity index (χ1) is 8.74. The normalized spacial score (nSPS) is 12.9. The molecule has 1 atom stereocenters. The van der Waals surface area contributed by atoms with Gasteiger partial charge in [0.15, 0.2) is 0 Å². The van der Waals surface area contributed by atoms with E-state index in [0.717, 1.165) is 12.1 Å². The Balaban J connectivity index is 3.05. The molecule has 5 heteroatoms. The number of allylic oxidation sites excluding steroid dienone is 1. The quantitative estimate of drug-likeness (QED) is 0.769. The second-order valence-corrected chi connectivity index (χ2v) is 4.41. The molecule has 0 aliphatic heterocycles. The van der Waals surface area contributed by atoms with E-state index in [0.29, 0.717) is 5.69 Å². The van der Waals surface area contributed by atoms with Gasteiger partial charge in [0, 0.05) is 23.5 Å². The van der Waals surface area contributed by atoms with Crippen LogP contribution in [0, 0.1) is 0 Å². The fourth-order valence-corrected chi connectivity index (χ4v) is 1.86. The molecule has 0 aliphatic carbocycles. The number of alkyl halides is 3. The summed E-state index contributed by atoms with van der Waals surface area (Å²) in [5, 5.41) is 0. The van der Waals surface area contributed by atoms with E-state index in [9.17, 15) is 13.2 Å². The third-order valence-electron chi connectivity index (χ3n) is 2.77. The van der Waals surface area contributed by atoms with Crippen LogP contribution in [0.4, 0.5) is 18.9 Å². The van der Waals surface area contributed by atoms with Gasteiger partial charge in [0.2, 0.25) is 0 Å². The molecule has 0 N–H and O–H groups in total. The van der Waals surface area contributed by atoms with Crippen LogP contribution in [-0.2, 0) is 0 Å². The lowest BCUT2D eigenvalue weighted by Crippen LogP contribution is -2.30. The van der Waals surface area contributed by atoms with Gasteiger partial charge in [-0.3, -0.25) is 0 Å². The minimum atomic E-state index is -4.68. The van der Waals surface area contributed by atoms with Gasteiger partial charge in [-0.2, -0.15) is 0 Å². The van der Waals surface area contributed by atoms with Crippen molar-refractivity contribution < 1.29 is 17.9 Å². The third kappa shape index (κ3) is 4.50. The van der Waals surface area contributed by atoms with Crippen molar-refractivity contribution in [1.29, 1.82) is 0 Å². The second kappa shape index (κ2) is 5.99. The Hall–Kier alpha value is -1.65. The maximum absolute atomic E-state index is 12.2. The molecule has 0 aliphatic rings. The molecule has 0 fully saturated rings. The number of halogens is 3. The predicted octanol–water partition coefficient (Wildman–Crippen LogP) is 4.72. The highest BCUT2D eigenvalue weighted by Gasteiger charge is 2.31. The summed E-state index contributed by atoms with van der Waals surface area (Å²) in [6.07, 6.45) is -3.82. The molecular weight excluding hydrogens is 255 g/mol. The number of anilines is 1. The van der Waals surface area contributed by atoms with Gasteiger partial charge in [0.05, 0.1) is 0 Å². The first-order valence-corrected chi connectivity index (χ1v) is 6.05. The summed E-state index contributed by atoms with van der Waals surface area (Å²) in [6.45, 7) is 9.69. The number of nitrogens with zero attached hydrogens (tertiary/aromatic N) is 1. The lowest BCUT2D eigenvalue weighted by atomic mass is 10.1. The summed E-state index contributed by atoms with van der Waals surface area (Å²) >= 11 is 0. The molecule has 1 aromatic carbocycles. The summed E-state index contributed by atoms with van der Waals surface area (Å²) in [7, 11) is 0.